The van der Waals surface area contributed by atoms with Crippen LogP contribution in [0.4, 0.5) is 10.1 Å². The van der Waals surface area contributed by atoms with E-state index in [1.807, 2.05) is 13.0 Å². The second-order valence-electron chi connectivity index (χ2n) is 7.93. The summed E-state index contributed by atoms with van der Waals surface area (Å²) in [6, 6.07) is 15.5. The van der Waals surface area contributed by atoms with Crippen LogP contribution >= 0.6 is 0 Å². The Hall–Kier alpha value is -3.72. The highest BCUT2D eigenvalue weighted by atomic mass is 32.2. The number of halogens is 1. The maximum Gasteiger partial charge on any atom is 0.261 e. The van der Waals surface area contributed by atoms with E-state index >= 15 is 0 Å². The first-order valence-electron chi connectivity index (χ1n) is 10.6. The van der Waals surface area contributed by atoms with Crippen molar-refractivity contribution >= 4 is 27.5 Å². The maximum absolute atomic E-state index is 13.6. The Bertz CT molecular complexity index is 1340. The molecule has 34 heavy (non-hydrogen) atoms. The van der Waals surface area contributed by atoms with E-state index in [9.17, 15) is 22.4 Å². The van der Waals surface area contributed by atoms with Crippen LogP contribution in [0.3, 0.4) is 0 Å². The summed E-state index contributed by atoms with van der Waals surface area (Å²) in [6.45, 7) is 5.39. The number of sulfonamides is 1. The van der Waals surface area contributed by atoms with Gasteiger partial charge >= 0.3 is 0 Å². The van der Waals surface area contributed by atoms with E-state index in [2.05, 4.69) is 15.4 Å². The Kier molecular flexibility index (Phi) is 7.68. The van der Waals surface area contributed by atoms with Crippen LogP contribution in [0.1, 0.15) is 37.4 Å². The molecule has 0 aliphatic carbocycles. The second-order valence-corrected chi connectivity index (χ2v) is 9.61. The molecule has 9 heteroatoms. The van der Waals surface area contributed by atoms with Crippen LogP contribution in [-0.2, 0) is 10.0 Å². The lowest BCUT2D eigenvalue weighted by Gasteiger charge is -2.12. The van der Waals surface area contributed by atoms with Crippen molar-refractivity contribution in [3.63, 3.8) is 0 Å². The molecule has 0 unspecified atom stereocenters. The lowest BCUT2D eigenvalue weighted by molar-refractivity contribution is 0.0927. The summed E-state index contributed by atoms with van der Waals surface area (Å²) in [5.41, 5.74) is 2.77. The first-order valence-corrected chi connectivity index (χ1v) is 12.1. The minimum absolute atomic E-state index is 0.0422. The molecular weight excluding hydrogens is 457 g/mol. The zero-order valence-electron chi connectivity index (χ0n) is 19.1. The van der Waals surface area contributed by atoms with Gasteiger partial charge in [-0.1, -0.05) is 24.3 Å². The SMILES string of the molecule is Cc1cccc(NS(=O)(=O)c2ccc(C)c(C(=O)NCCNC(=O)c3ccc(C)c(F)c3)c2)c1. The molecule has 0 aliphatic rings. The minimum atomic E-state index is -3.89. The van der Waals surface area contributed by atoms with E-state index < -0.39 is 27.7 Å². The van der Waals surface area contributed by atoms with E-state index in [0.717, 1.165) is 11.6 Å². The molecule has 3 rings (SSSR count). The quantitative estimate of drug-likeness (QED) is 0.425. The zero-order valence-corrected chi connectivity index (χ0v) is 19.9. The Morgan fingerprint density at radius 1 is 0.824 bits per heavy atom. The third kappa shape index (κ3) is 6.20. The summed E-state index contributed by atoms with van der Waals surface area (Å²) in [5.74, 6) is -1.40. The van der Waals surface area contributed by atoms with Crippen molar-refractivity contribution in [1.29, 1.82) is 0 Å². The average Bonchev–Trinajstić information content (AvgIpc) is 2.78. The van der Waals surface area contributed by atoms with Crippen LogP contribution in [-0.4, -0.2) is 33.3 Å². The number of rotatable bonds is 8. The molecule has 0 aromatic heterocycles. The van der Waals surface area contributed by atoms with Gasteiger partial charge in [-0.25, -0.2) is 12.8 Å². The number of hydrogen-bond acceptors (Lipinski definition) is 4. The van der Waals surface area contributed by atoms with Gasteiger partial charge in [0, 0.05) is 29.9 Å². The molecule has 178 valence electrons. The first kappa shape index (κ1) is 24.9. The fourth-order valence-corrected chi connectivity index (χ4v) is 4.29. The molecule has 0 atom stereocenters. The maximum atomic E-state index is 13.6. The lowest BCUT2D eigenvalue weighted by atomic mass is 10.1. The molecule has 3 aromatic rings. The lowest BCUT2D eigenvalue weighted by Crippen LogP contribution is -2.35. The van der Waals surface area contributed by atoms with Crippen molar-refractivity contribution in [2.45, 2.75) is 25.7 Å². The fourth-order valence-electron chi connectivity index (χ4n) is 3.22. The predicted octanol–water partition coefficient (Wildman–Crippen LogP) is 3.71. The predicted molar refractivity (Wildman–Crippen MR) is 129 cm³/mol. The molecule has 0 fully saturated rings. The van der Waals surface area contributed by atoms with Crippen molar-refractivity contribution in [3.05, 3.63) is 94.3 Å². The Morgan fingerprint density at radius 3 is 2.18 bits per heavy atom. The van der Waals surface area contributed by atoms with Gasteiger partial charge in [-0.05, 0) is 73.9 Å². The van der Waals surface area contributed by atoms with E-state index in [1.54, 1.807) is 38.1 Å². The average molecular weight is 484 g/mol. The van der Waals surface area contributed by atoms with E-state index in [-0.39, 0.29) is 29.1 Å². The second kappa shape index (κ2) is 10.5. The first-order chi connectivity index (χ1) is 16.1. The normalized spacial score (nSPS) is 11.1. The summed E-state index contributed by atoms with van der Waals surface area (Å²) in [4.78, 5) is 24.8. The van der Waals surface area contributed by atoms with Crippen molar-refractivity contribution < 1.29 is 22.4 Å². The molecule has 3 N–H and O–H groups in total. The number of anilines is 1. The van der Waals surface area contributed by atoms with Gasteiger partial charge in [-0.2, -0.15) is 0 Å². The van der Waals surface area contributed by atoms with Gasteiger partial charge in [0.2, 0.25) is 0 Å². The van der Waals surface area contributed by atoms with Crippen molar-refractivity contribution in [1.82, 2.24) is 10.6 Å². The molecule has 0 saturated heterocycles. The number of nitrogens with one attached hydrogen (secondary N) is 3. The molecule has 0 aliphatic heterocycles. The summed E-state index contributed by atoms with van der Waals surface area (Å²) in [7, 11) is -3.89. The number of amides is 2. The van der Waals surface area contributed by atoms with Crippen LogP contribution in [0.2, 0.25) is 0 Å². The molecule has 2 amide bonds. The summed E-state index contributed by atoms with van der Waals surface area (Å²) < 4.78 is 41.7. The van der Waals surface area contributed by atoms with E-state index in [0.29, 0.717) is 16.8 Å². The number of hydrogen-bond donors (Lipinski definition) is 3. The number of benzene rings is 3. The van der Waals surface area contributed by atoms with Gasteiger partial charge in [0.15, 0.2) is 0 Å². The molecular formula is C25H26FN3O4S. The molecule has 7 nitrogen and oxygen atoms in total. The Morgan fingerprint density at radius 2 is 1.50 bits per heavy atom. The monoisotopic (exact) mass is 483 g/mol. The number of carbonyl (C=O) groups is 2. The number of carbonyl (C=O) groups excluding carboxylic acids is 2. The standard InChI is InChI=1S/C25H26FN3O4S/c1-16-5-4-6-20(13-16)29-34(32,33)21-10-8-17(2)22(15-21)25(31)28-12-11-27-24(30)19-9-7-18(3)23(26)14-19/h4-10,13-15,29H,11-12H2,1-3H3,(H,27,30)(H,28,31). The molecule has 3 aromatic carbocycles. The van der Waals surface area contributed by atoms with Gasteiger partial charge in [0.05, 0.1) is 4.90 Å². The fraction of sp³-hybridized carbons (Fsp3) is 0.200. The largest absolute Gasteiger partial charge is 0.350 e. The summed E-state index contributed by atoms with van der Waals surface area (Å²) in [6.07, 6.45) is 0. The third-order valence-electron chi connectivity index (χ3n) is 5.16. The molecule has 0 spiro atoms. The van der Waals surface area contributed by atoms with E-state index in [1.165, 1.54) is 24.3 Å². The van der Waals surface area contributed by atoms with Crippen LogP contribution in [0.25, 0.3) is 0 Å². The molecule has 0 heterocycles. The van der Waals surface area contributed by atoms with Gasteiger partial charge in [-0.15, -0.1) is 0 Å². The zero-order chi connectivity index (χ0) is 24.9. The smallest absolute Gasteiger partial charge is 0.261 e. The summed E-state index contributed by atoms with van der Waals surface area (Å²) in [5, 5.41) is 5.27. The Balaban J connectivity index is 1.62. The highest BCUT2D eigenvalue weighted by molar-refractivity contribution is 7.92. The van der Waals surface area contributed by atoms with Crippen LogP contribution < -0.4 is 15.4 Å². The van der Waals surface area contributed by atoms with Gasteiger partial charge in [-0.3, -0.25) is 14.3 Å². The van der Waals surface area contributed by atoms with Gasteiger partial charge < -0.3 is 10.6 Å². The van der Waals surface area contributed by atoms with Crippen molar-refractivity contribution in [3.8, 4) is 0 Å². The highest BCUT2D eigenvalue weighted by Gasteiger charge is 2.18. The molecule has 0 radical (unpaired) electrons. The van der Waals surface area contributed by atoms with Crippen LogP contribution in [0.5, 0.6) is 0 Å². The minimum Gasteiger partial charge on any atom is -0.350 e. The van der Waals surface area contributed by atoms with Crippen molar-refractivity contribution in [2.75, 3.05) is 17.8 Å². The van der Waals surface area contributed by atoms with Crippen molar-refractivity contribution in [2.24, 2.45) is 0 Å². The highest BCUT2D eigenvalue weighted by Crippen LogP contribution is 2.20. The molecule has 0 bridgehead atoms. The number of aryl methyl sites for hydroxylation is 3. The third-order valence-corrected chi connectivity index (χ3v) is 6.54. The summed E-state index contributed by atoms with van der Waals surface area (Å²) >= 11 is 0. The van der Waals surface area contributed by atoms with Gasteiger partial charge in [0.1, 0.15) is 5.82 Å². The Labute approximate surface area is 198 Å². The van der Waals surface area contributed by atoms with Crippen LogP contribution in [0.15, 0.2) is 65.6 Å². The molecule has 0 saturated carbocycles. The van der Waals surface area contributed by atoms with Gasteiger partial charge in [0.25, 0.3) is 21.8 Å². The van der Waals surface area contributed by atoms with E-state index in [4.69, 9.17) is 0 Å². The van der Waals surface area contributed by atoms with Crippen LogP contribution in [0, 0.1) is 26.6 Å². The topological polar surface area (TPSA) is 104 Å².